The number of benzene rings is 2. The molecule has 0 bridgehead atoms. The van der Waals surface area contributed by atoms with Crippen molar-refractivity contribution in [3.63, 3.8) is 0 Å². The number of aliphatic hydroxyl groups is 1. The van der Waals surface area contributed by atoms with Crippen molar-refractivity contribution in [3.8, 4) is 0 Å². The topological polar surface area (TPSA) is 55.5 Å². The second kappa shape index (κ2) is 6.39. The zero-order valence-electron chi connectivity index (χ0n) is 11.9. The molecule has 0 radical (unpaired) electrons. The summed E-state index contributed by atoms with van der Waals surface area (Å²) in [6.07, 6.45) is 0.0126. The van der Waals surface area contributed by atoms with Gasteiger partial charge in [0.25, 0.3) is 0 Å². The molecule has 3 rings (SSSR count). The third-order valence-corrected chi connectivity index (χ3v) is 4.16. The molecular formula is C18H21NO2. The lowest BCUT2D eigenvalue weighted by Gasteiger charge is -2.36. The zero-order valence-corrected chi connectivity index (χ0v) is 11.9. The van der Waals surface area contributed by atoms with E-state index in [-0.39, 0.29) is 18.1 Å². The van der Waals surface area contributed by atoms with Crippen LogP contribution in [0, 0.1) is 0 Å². The van der Waals surface area contributed by atoms with Crippen LogP contribution in [0.4, 0.5) is 0 Å². The number of rotatable bonds is 3. The van der Waals surface area contributed by atoms with E-state index < -0.39 is 6.10 Å². The van der Waals surface area contributed by atoms with Gasteiger partial charge in [0.2, 0.25) is 0 Å². The van der Waals surface area contributed by atoms with Gasteiger partial charge in [-0.1, -0.05) is 60.7 Å². The van der Waals surface area contributed by atoms with Crippen molar-refractivity contribution < 1.29 is 9.84 Å². The summed E-state index contributed by atoms with van der Waals surface area (Å²) in [5, 5.41) is 10.1. The van der Waals surface area contributed by atoms with Gasteiger partial charge in [0.05, 0.1) is 24.9 Å². The van der Waals surface area contributed by atoms with Crippen LogP contribution in [0.2, 0.25) is 0 Å². The van der Waals surface area contributed by atoms with E-state index in [4.69, 9.17) is 10.5 Å². The first-order chi connectivity index (χ1) is 10.3. The molecule has 0 unspecified atom stereocenters. The first-order valence-electron chi connectivity index (χ1n) is 7.41. The highest BCUT2D eigenvalue weighted by atomic mass is 16.5. The lowest BCUT2D eigenvalue weighted by atomic mass is 9.82. The normalized spacial score (nSPS) is 26.0. The average Bonchev–Trinajstić information content (AvgIpc) is 2.53. The summed E-state index contributed by atoms with van der Waals surface area (Å²) in [5.74, 6) is 0.120. The Kier molecular flexibility index (Phi) is 4.34. The van der Waals surface area contributed by atoms with Gasteiger partial charge < -0.3 is 15.6 Å². The molecule has 0 amide bonds. The summed E-state index contributed by atoms with van der Waals surface area (Å²) in [6, 6.07) is 20.3. The van der Waals surface area contributed by atoms with Crippen molar-refractivity contribution >= 4 is 0 Å². The highest BCUT2D eigenvalue weighted by molar-refractivity contribution is 5.34. The minimum absolute atomic E-state index is 0.0513. The number of hydrogen-bond donors (Lipinski definition) is 2. The van der Waals surface area contributed by atoms with Crippen LogP contribution in [-0.4, -0.2) is 30.0 Å². The molecule has 0 saturated carbocycles. The molecule has 3 N–H and O–H groups in total. The Labute approximate surface area is 125 Å². The van der Waals surface area contributed by atoms with E-state index in [1.54, 1.807) is 0 Å². The van der Waals surface area contributed by atoms with Crippen molar-refractivity contribution in [1.29, 1.82) is 0 Å². The van der Waals surface area contributed by atoms with Crippen molar-refractivity contribution in [1.82, 2.24) is 0 Å². The van der Waals surface area contributed by atoms with E-state index in [1.807, 2.05) is 36.4 Å². The average molecular weight is 283 g/mol. The Balaban J connectivity index is 1.94. The third kappa shape index (κ3) is 3.16. The van der Waals surface area contributed by atoms with Gasteiger partial charge in [-0.2, -0.15) is 0 Å². The highest BCUT2D eigenvalue weighted by Gasteiger charge is 2.34. The lowest BCUT2D eigenvalue weighted by Crippen LogP contribution is -2.48. The van der Waals surface area contributed by atoms with Crippen molar-refractivity contribution in [3.05, 3.63) is 71.8 Å². The van der Waals surface area contributed by atoms with Crippen LogP contribution >= 0.6 is 0 Å². The van der Waals surface area contributed by atoms with Gasteiger partial charge in [-0.25, -0.2) is 0 Å². The first kappa shape index (κ1) is 14.3. The minimum atomic E-state index is -0.501. The fourth-order valence-corrected chi connectivity index (χ4v) is 3.00. The number of hydrogen-bond acceptors (Lipinski definition) is 3. The summed E-state index contributed by atoms with van der Waals surface area (Å²) in [6.45, 7) is 0.405. The van der Waals surface area contributed by atoms with Gasteiger partial charge in [0.1, 0.15) is 0 Å². The summed E-state index contributed by atoms with van der Waals surface area (Å²) >= 11 is 0. The van der Waals surface area contributed by atoms with Crippen LogP contribution in [0.1, 0.15) is 23.5 Å². The van der Waals surface area contributed by atoms with Crippen LogP contribution in [0.5, 0.6) is 0 Å². The molecule has 21 heavy (non-hydrogen) atoms. The Hall–Kier alpha value is -1.68. The summed E-state index contributed by atoms with van der Waals surface area (Å²) in [4.78, 5) is 0. The van der Waals surface area contributed by atoms with Gasteiger partial charge in [0, 0.05) is 12.3 Å². The molecule has 0 spiro atoms. The molecule has 3 atom stereocenters. The number of ether oxygens (including phenoxy) is 1. The molecule has 0 aliphatic carbocycles. The molecule has 1 aliphatic heterocycles. The Bertz CT molecular complexity index is 518. The quantitative estimate of drug-likeness (QED) is 0.908. The number of aliphatic hydroxyl groups excluding tert-OH is 1. The Morgan fingerprint density at radius 1 is 0.952 bits per heavy atom. The van der Waals surface area contributed by atoms with Crippen molar-refractivity contribution in [2.75, 3.05) is 6.61 Å². The molecule has 0 aromatic heterocycles. The molecule has 3 heteroatoms. The van der Waals surface area contributed by atoms with Gasteiger partial charge in [0.15, 0.2) is 0 Å². The maximum Gasteiger partial charge on any atom is 0.0738 e. The van der Waals surface area contributed by atoms with Crippen LogP contribution in [0.3, 0.4) is 0 Å². The largest absolute Gasteiger partial charge is 0.391 e. The lowest BCUT2D eigenvalue weighted by molar-refractivity contribution is -0.0625. The Morgan fingerprint density at radius 2 is 1.48 bits per heavy atom. The van der Waals surface area contributed by atoms with Gasteiger partial charge in [-0.05, 0) is 11.1 Å². The molecule has 1 saturated heterocycles. The fourth-order valence-electron chi connectivity index (χ4n) is 3.00. The van der Waals surface area contributed by atoms with Gasteiger partial charge in [-0.15, -0.1) is 0 Å². The van der Waals surface area contributed by atoms with E-state index >= 15 is 0 Å². The van der Waals surface area contributed by atoms with Crippen LogP contribution in [-0.2, 0) is 4.74 Å². The van der Waals surface area contributed by atoms with Crippen LogP contribution < -0.4 is 5.73 Å². The van der Waals surface area contributed by atoms with E-state index in [0.717, 1.165) is 0 Å². The zero-order chi connectivity index (χ0) is 14.7. The van der Waals surface area contributed by atoms with Crippen molar-refractivity contribution in [2.45, 2.75) is 30.6 Å². The molecule has 3 nitrogen and oxygen atoms in total. The summed E-state index contributed by atoms with van der Waals surface area (Å²) < 4.78 is 5.95. The van der Waals surface area contributed by atoms with E-state index in [2.05, 4.69) is 24.3 Å². The maximum atomic E-state index is 10.1. The molecular weight excluding hydrogens is 262 g/mol. The molecule has 1 heterocycles. The van der Waals surface area contributed by atoms with Crippen molar-refractivity contribution in [2.24, 2.45) is 5.73 Å². The first-order valence-corrected chi connectivity index (χ1v) is 7.41. The predicted molar refractivity (Wildman–Crippen MR) is 83.1 cm³/mol. The summed E-state index contributed by atoms with van der Waals surface area (Å²) in [7, 11) is 0. The molecule has 2 aromatic carbocycles. The molecule has 2 aromatic rings. The predicted octanol–water partition coefficient (Wildman–Crippen LogP) is 2.30. The SMILES string of the molecule is N[C@@H]1CO[C@H](C(c2ccccc2)c2ccccc2)C[C@H]1O. The second-order valence-corrected chi connectivity index (χ2v) is 5.64. The van der Waals surface area contributed by atoms with Crippen LogP contribution in [0.15, 0.2) is 60.7 Å². The van der Waals surface area contributed by atoms with E-state index in [1.165, 1.54) is 11.1 Å². The number of nitrogens with two attached hydrogens (primary N) is 1. The van der Waals surface area contributed by atoms with Gasteiger partial charge in [-0.3, -0.25) is 0 Å². The highest BCUT2D eigenvalue weighted by Crippen LogP contribution is 2.34. The second-order valence-electron chi connectivity index (χ2n) is 5.64. The maximum absolute atomic E-state index is 10.1. The Morgan fingerprint density at radius 3 is 1.95 bits per heavy atom. The van der Waals surface area contributed by atoms with E-state index in [0.29, 0.717) is 13.0 Å². The summed E-state index contributed by atoms with van der Waals surface area (Å²) in [5.41, 5.74) is 8.25. The third-order valence-electron chi connectivity index (χ3n) is 4.16. The minimum Gasteiger partial charge on any atom is -0.391 e. The van der Waals surface area contributed by atoms with Gasteiger partial charge >= 0.3 is 0 Å². The molecule has 1 aliphatic rings. The van der Waals surface area contributed by atoms with Crippen LogP contribution in [0.25, 0.3) is 0 Å². The monoisotopic (exact) mass is 283 g/mol. The smallest absolute Gasteiger partial charge is 0.0738 e. The standard InChI is InChI=1S/C18H21NO2/c19-15-12-21-17(11-16(15)20)18(13-7-3-1-4-8-13)14-9-5-2-6-10-14/h1-10,15-18,20H,11-12,19H2/t15-,16-,17+/m1/s1. The molecule has 1 fully saturated rings. The fraction of sp³-hybridized carbons (Fsp3) is 0.333. The van der Waals surface area contributed by atoms with E-state index in [9.17, 15) is 5.11 Å². The molecule has 110 valence electrons.